The van der Waals surface area contributed by atoms with Gasteiger partial charge in [-0.15, -0.1) is 0 Å². The Morgan fingerprint density at radius 2 is 1.88 bits per heavy atom. The molecule has 4 heteroatoms. The largest absolute Gasteiger partial charge is 0.346 e. The standard InChI is InChI=1S/C13H24N2O2/c1-4-5-8-14(3)13(17)12-6-9-15(10-7-12)11(2)16/h12H,4-10H2,1-3H3. The topological polar surface area (TPSA) is 40.6 Å². The molecule has 4 nitrogen and oxygen atoms in total. The summed E-state index contributed by atoms with van der Waals surface area (Å²) in [6.07, 6.45) is 3.80. The monoisotopic (exact) mass is 240 g/mol. The highest BCUT2D eigenvalue weighted by Crippen LogP contribution is 2.19. The first-order valence-electron chi connectivity index (χ1n) is 6.56. The molecular weight excluding hydrogens is 216 g/mol. The van der Waals surface area contributed by atoms with Gasteiger partial charge in [0.25, 0.3) is 0 Å². The lowest BCUT2D eigenvalue weighted by Gasteiger charge is -2.32. The third kappa shape index (κ3) is 4.02. The molecule has 1 aliphatic heterocycles. The molecule has 98 valence electrons. The fourth-order valence-corrected chi connectivity index (χ4v) is 2.26. The Morgan fingerprint density at radius 1 is 1.29 bits per heavy atom. The molecule has 2 amide bonds. The second kappa shape index (κ2) is 6.62. The summed E-state index contributed by atoms with van der Waals surface area (Å²) in [7, 11) is 1.88. The molecule has 0 spiro atoms. The summed E-state index contributed by atoms with van der Waals surface area (Å²) in [5, 5.41) is 0. The number of likely N-dealkylation sites (tertiary alicyclic amines) is 1. The van der Waals surface area contributed by atoms with Crippen molar-refractivity contribution >= 4 is 11.8 Å². The Morgan fingerprint density at radius 3 is 2.35 bits per heavy atom. The Labute approximate surface area is 104 Å². The van der Waals surface area contributed by atoms with E-state index in [9.17, 15) is 9.59 Å². The van der Waals surface area contributed by atoms with Crippen molar-refractivity contribution in [1.82, 2.24) is 9.80 Å². The molecule has 0 aromatic carbocycles. The van der Waals surface area contributed by atoms with Crippen LogP contribution < -0.4 is 0 Å². The van der Waals surface area contributed by atoms with E-state index >= 15 is 0 Å². The molecule has 0 N–H and O–H groups in total. The molecule has 0 unspecified atom stereocenters. The number of unbranched alkanes of at least 4 members (excludes halogenated alkanes) is 1. The van der Waals surface area contributed by atoms with Gasteiger partial charge >= 0.3 is 0 Å². The zero-order valence-electron chi connectivity index (χ0n) is 11.2. The Bertz CT molecular complexity index is 271. The fourth-order valence-electron chi connectivity index (χ4n) is 2.26. The summed E-state index contributed by atoms with van der Waals surface area (Å²) in [4.78, 5) is 27.0. The van der Waals surface area contributed by atoms with E-state index in [0.29, 0.717) is 0 Å². The number of hydrogen-bond acceptors (Lipinski definition) is 2. The molecule has 0 aromatic rings. The van der Waals surface area contributed by atoms with Gasteiger partial charge in [-0.1, -0.05) is 13.3 Å². The molecule has 0 aromatic heterocycles. The second-order valence-electron chi connectivity index (χ2n) is 4.89. The van der Waals surface area contributed by atoms with Gasteiger partial charge < -0.3 is 9.80 Å². The van der Waals surface area contributed by atoms with Crippen LogP contribution in [0.2, 0.25) is 0 Å². The van der Waals surface area contributed by atoms with E-state index in [1.165, 1.54) is 0 Å². The van der Waals surface area contributed by atoms with Crippen molar-refractivity contribution in [3.8, 4) is 0 Å². The first-order valence-corrected chi connectivity index (χ1v) is 6.56. The van der Waals surface area contributed by atoms with Crippen molar-refractivity contribution in [2.75, 3.05) is 26.7 Å². The number of nitrogens with zero attached hydrogens (tertiary/aromatic N) is 2. The van der Waals surface area contributed by atoms with Gasteiger partial charge in [0.05, 0.1) is 0 Å². The summed E-state index contributed by atoms with van der Waals surface area (Å²) in [6.45, 7) is 6.03. The van der Waals surface area contributed by atoms with Crippen molar-refractivity contribution in [3.05, 3.63) is 0 Å². The van der Waals surface area contributed by atoms with Crippen molar-refractivity contribution in [3.63, 3.8) is 0 Å². The van der Waals surface area contributed by atoms with Gasteiger partial charge in [0.1, 0.15) is 0 Å². The molecule has 1 rings (SSSR count). The minimum Gasteiger partial charge on any atom is -0.346 e. The molecule has 1 heterocycles. The van der Waals surface area contributed by atoms with Crippen LogP contribution in [0.5, 0.6) is 0 Å². The minimum absolute atomic E-state index is 0.118. The van der Waals surface area contributed by atoms with Crippen LogP contribution >= 0.6 is 0 Å². The highest BCUT2D eigenvalue weighted by atomic mass is 16.2. The van der Waals surface area contributed by atoms with Gasteiger partial charge in [0.2, 0.25) is 11.8 Å². The summed E-state index contributed by atoms with van der Waals surface area (Å²) in [6, 6.07) is 0. The number of hydrogen-bond donors (Lipinski definition) is 0. The maximum Gasteiger partial charge on any atom is 0.225 e. The first-order chi connectivity index (χ1) is 8.06. The Kier molecular flexibility index (Phi) is 5.45. The third-order valence-electron chi connectivity index (χ3n) is 3.51. The van der Waals surface area contributed by atoms with Crippen LogP contribution in [0, 0.1) is 5.92 Å². The zero-order valence-corrected chi connectivity index (χ0v) is 11.2. The highest BCUT2D eigenvalue weighted by molar-refractivity contribution is 5.79. The van der Waals surface area contributed by atoms with E-state index in [0.717, 1.165) is 45.3 Å². The van der Waals surface area contributed by atoms with Gasteiger partial charge in [-0.25, -0.2) is 0 Å². The number of piperidine rings is 1. The molecule has 0 aliphatic carbocycles. The normalized spacial score (nSPS) is 17.0. The first kappa shape index (κ1) is 14.0. The molecule has 0 saturated carbocycles. The third-order valence-corrected chi connectivity index (χ3v) is 3.51. The van der Waals surface area contributed by atoms with Gasteiger partial charge in [-0.05, 0) is 19.3 Å². The molecule has 0 radical (unpaired) electrons. The average Bonchev–Trinajstić information content (AvgIpc) is 2.35. The maximum atomic E-state index is 12.1. The Hall–Kier alpha value is -1.06. The second-order valence-corrected chi connectivity index (χ2v) is 4.89. The zero-order chi connectivity index (χ0) is 12.8. The fraction of sp³-hybridized carbons (Fsp3) is 0.846. The van der Waals surface area contributed by atoms with Crippen LogP contribution in [0.3, 0.4) is 0 Å². The van der Waals surface area contributed by atoms with E-state index in [1.807, 2.05) is 16.8 Å². The minimum atomic E-state index is 0.118. The van der Waals surface area contributed by atoms with E-state index < -0.39 is 0 Å². The number of rotatable bonds is 4. The van der Waals surface area contributed by atoms with Crippen LogP contribution in [0.4, 0.5) is 0 Å². The van der Waals surface area contributed by atoms with Crippen LogP contribution in [0.15, 0.2) is 0 Å². The number of amides is 2. The lowest BCUT2D eigenvalue weighted by atomic mass is 9.95. The van der Waals surface area contributed by atoms with E-state index in [-0.39, 0.29) is 17.7 Å². The quantitative estimate of drug-likeness (QED) is 0.747. The molecule has 1 fully saturated rings. The smallest absolute Gasteiger partial charge is 0.225 e. The van der Waals surface area contributed by atoms with E-state index in [1.54, 1.807) is 6.92 Å². The van der Waals surface area contributed by atoms with Gasteiger partial charge in [-0.2, -0.15) is 0 Å². The van der Waals surface area contributed by atoms with Crippen LogP contribution in [0.1, 0.15) is 39.5 Å². The van der Waals surface area contributed by atoms with Gasteiger partial charge in [0.15, 0.2) is 0 Å². The van der Waals surface area contributed by atoms with Crippen molar-refractivity contribution in [2.45, 2.75) is 39.5 Å². The maximum absolute atomic E-state index is 12.1. The average molecular weight is 240 g/mol. The van der Waals surface area contributed by atoms with Crippen LogP contribution in [-0.2, 0) is 9.59 Å². The Balaban J connectivity index is 2.37. The lowest BCUT2D eigenvalue weighted by molar-refractivity contribution is -0.139. The summed E-state index contributed by atoms with van der Waals surface area (Å²) < 4.78 is 0. The summed E-state index contributed by atoms with van der Waals surface area (Å²) in [5.41, 5.74) is 0. The predicted octanol–water partition coefficient (Wildman–Crippen LogP) is 1.50. The van der Waals surface area contributed by atoms with Gasteiger partial charge in [-0.3, -0.25) is 9.59 Å². The molecule has 17 heavy (non-hydrogen) atoms. The van der Waals surface area contributed by atoms with E-state index in [2.05, 4.69) is 6.92 Å². The predicted molar refractivity (Wildman–Crippen MR) is 67.5 cm³/mol. The molecule has 1 saturated heterocycles. The number of carbonyl (C=O) groups excluding carboxylic acids is 2. The van der Waals surface area contributed by atoms with Crippen LogP contribution in [0.25, 0.3) is 0 Å². The van der Waals surface area contributed by atoms with Gasteiger partial charge in [0, 0.05) is 39.5 Å². The van der Waals surface area contributed by atoms with E-state index in [4.69, 9.17) is 0 Å². The highest BCUT2D eigenvalue weighted by Gasteiger charge is 2.27. The molecule has 1 aliphatic rings. The van der Waals surface area contributed by atoms with Crippen molar-refractivity contribution < 1.29 is 9.59 Å². The lowest BCUT2D eigenvalue weighted by Crippen LogP contribution is -2.42. The molecule has 0 atom stereocenters. The van der Waals surface area contributed by atoms with Crippen molar-refractivity contribution in [1.29, 1.82) is 0 Å². The van der Waals surface area contributed by atoms with Crippen LogP contribution in [-0.4, -0.2) is 48.3 Å². The summed E-state index contributed by atoms with van der Waals surface area (Å²) >= 11 is 0. The summed E-state index contributed by atoms with van der Waals surface area (Å²) in [5.74, 6) is 0.490. The number of carbonyl (C=O) groups is 2. The molecular formula is C13H24N2O2. The SMILES string of the molecule is CCCCN(C)C(=O)C1CCN(C(C)=O)CC1. The van der Waals surface area contributed by atoms with Crippen molar-refractivity contribution in [2.24, 2.45) is 5.92 Å². The molecule has 0 bridgehead atoms.